The molecule has 98 heavy (non-hydrogen) atoms. The number of aliphatic carboxylic acids is 1. The second-order valence-electron chi connectivity index (χ2n) is 25.1. The fourth-order valence-corrected chi connectivity index (χ4v) is 12.2. The number of phenolic OH excluding ortho intramolecular Hbond substituents is 1. The normalized spacial score (nSPS) is 14.9. The van der Waals surface area contributed by atoms with Crippen LogP contribution in [0.3, 0.4) is 0 Å². The maximum atomic E-state index is 14.2. The van der Waals surface area contributed by atoms with Crippen molar-refractivity contribution in [1.29, 1.82) is 0 Å². The number of carboxylic acid groups (broad SMARTS) is 1. The first-order valence-electron chi connectivity index (χ1n) is 33.9. The summed E-state index contributed by atoms with van der Waals surface area (Å²) in [6, 6.07) is 41.7. The molecule has 16 nitrogen and oxygen atoms in total. The molecule has 1 unspecified atom stereocenters. The first kappa shape index (κ1) is 73.3. The standard InChI is InChI=1S/C27H30F2N4O2.C26H30F2N4.C24H30FN5O/c28-22-14-19(15-23(29)16-22)3-2-6-26-31-10-9-25(32-26)21-5-1-4-20(13-21)18-33-12-11-30-17-24(33)7-8-27(34)35;1-18-6-7-21(17-32-11-10-29-16-19(32)2)14-24(18)25-8-9-30-26(31-25)5-3-4-20-12-22(27)15-23(28)13-20;1-2-30(14-4-12-26)17-19-5-3-6-20(15-19)23-28-16-22(25)24(29-23)27-13-11-18-7-9-21(31)10-8-18/h1,4-5,9-10,13-16,24,30H,2-3,6-8,11-12,17-18H2,(H,34,35);6-9,12-15,19,29H,3-5,10-11,16-17H2,1-2H3;3,5-10,15-16,31H,2,4,11-14,17,26H2,1H3,(H,27,28,29)/t;19-;/m.0./s1. The van der Waals surface area contributed by atoms with Crippen molar-refractivity contribution in [3.05, 3.63) is 238 Å². The number of nitrogens with one attached hydrogen (secondary N) is 3. The monoisotopic (exact) mass is 1340 g/mol. The highest BCUT2D eigenvalue weighted by Gasteiger charge is 2.24. The summed E-state index contributed by atoms with van der Waals surface area (Å²) in [4.78, 5) is 45.1. The molecule has 2 aliphatic heterocycles. The van der Waals surface area contributed by atoms with Gasteiger partial charge in [0.2, 0.25) is 0 Å². The number of carboxylic acids is 1. The Labute approximate surface area is 572 Å². The molecule has 21 heteroatoms. The average molecular weight is 1340 g/mol. The Morgan fingerprint density at radius 1 is 0.633 bits per heavy atom. The first-order valence-corrected chi connectivity index (χ1v) is 33.9. The number of nitrogens with two attached hydrogens (primary N) is 1. The Kier molecular flexibility index (Phi) is 28.2. The molecule has 11 rings (SSSR count). The number of piperazine rings is 2. The maximum Gasteiger partial charge on any atom is 0.303 e. The van der Waals surface area contributed by atoms with E-state index in [1.54, 1.807) is 24.5 Å². The predicted octanol–water partition coefficient (Wildman–Crippen LogP) is 12.7. The van der Waals surface area contributed by atoms with Crippen molar-refractivity contribution in [1.82, 2.24) is 55.2 Å². The molecule has 2 fully saturated rings. The van der Waals surface area contributed by atoms with E-state index in [-0.39, 0.29) is 24.0 Å². The first-order chi connectivity index (χ1) is 47.5. The number of hydrogen-bond acceptors (Lipinski definition) is 15. The van der Waals surface area contributed by atoms with E-state index in [1.165, 1.54) is 41.6 Å². The van der Waals surface area contributed by atoms with Crippen LogP contribution in [0.4, 0.5) is 27.8 Å². The third kappa shape index (κ3) is 23.4. The number of aromatic nitrogens is 6. The van der Waals surface area contributed by atoms with E-state index in [4.69, 9.17) is 20.8 Å². The molecule has 0 saturated carbocycles. The van der Waals surface area contributed by atoms with Gasteiger partial charge in [0.25, 0.3) is 0 Å². The summed E-state index contributed by atoms with van der Waals surface area (Å²) >= 11 is 0. The van der Waals surface area contributed by atoms with Gasteiger partial charge in [-0.1, -0.05) is 67.6 Å². The minimum absolute atomic E-state index is 0.167. The summed E-state index contributed by atoms with van der Waals surface area (Å²) in [7, 11) is 0. The van der Waals surface area contributed by atoms with Gasteiger partial charge in [-0.05, 0) is 184 Å². The van der Waals surface area contributed by atoms with Crippen LogP contribution >= 0.6 is 0 Å². The molecule has 2 atom stereocenters. The molecule has 5 heterocycles. The summed E-state index contributed by atoms with van der Waals surface area (Å²) in [5.41, 5.74) is 17.5. The van der Waals surface area contributed by atoms with Crippen molar-refractivity contribution < 1.29 is 37.0 Å². The molecule has 0 aliphatic carbocycles. The van der Waals surface area contributed by atoms with Gasteiger partial charge in [-0.3, -0.25) is 19.5 Å². The quantitative estimate of drug-likeness (QED) is 0.0252. The van der Waals surface area contributed by atoms with Crippen LogP contribution in [0.2, 0.25) is 0 Å². The van der Waals surface area contributed by atoms with Gasteiger partial charge in [0.15, 0.2) is 17.5 Å². The van der Waals surface area contributed by atoms with Crippen molar-refractivity contribution >= 4 is 11.8 Å². The van der Waals surface area contributed by atoms with Crippen LogP contribution in [0.1, 0.15) is 96.5 Å². The summed E-state index contributed by atoms with van der Waals surface area (Å²) in [5.74, 6) is -1.10. The van der Waals surface area contributed by atoms with Gasteiger partial charge in [-0.25, -0.2) is 51.9 Å². The highest BCUT2D eigenvalue weighted by molar-refractivity contribution is 5.67. The van der Waals surface area contributed by atoms with Crippen molar-refractivity contribution in [3.8, 4) is 39.7 Å². The van der Waals surface area contributed by atoms with Crippen molar-refractivity contribution in [3.63, 3.8) is 0 Å². The highest BCUT2D eigenvalue weighted by Crippen LogP contribution is 2.27. The fourth-order valence-electron chi connectivity index (χ4n) is 12.2. The number of halogens is 5. The number of aromatic hydroxyl groups is 1. The molecule has 2 saturated heterocycles. The molecule has 6 aromatic carbocycles. The van der Waals surface area contributed by atoms with Gasteiger partial charge in [0.1, 0.15) is 40.7 Å². The topological polar surface area (TPSA) is 207 Å². The molecule has 9 aromatic rings. The zero-order chi connectivity index (χ0) is 69.2. The zero-order valence-electron chi connectivity index (χ0n) is 56.2. The number of carbonyl (C=O) groups is 1. The smallest absolute Gasteiger partial charge is 0.303 e. The molecule has 0 spiro atoms. The van der Waals surface area contributed by atoms with E-state index in [0.717, 1.165) is 148 Å². The van der Waals surface area contributed by atoms with E-state index in [9.17, 15) is 31.9 Å². The van der Waals surface area contributed by atoms with Crippen molar-refractivity contribution in [2.24, 2.45) is 5.73 Å². The summed E-state index contributed by atoms with van der Waals surface area (Å²) in [5, 5.41) is 28.3. The molecular formula is C77H90F5N13O3. The van der Waals surface area contributed by atoms with Crippen LogP contribution in [0.15, 0.2) is 158 Å². The molecule has 0 bridgehead atoms. The fraction of sp³-hybridized carbons (Fsp3) is 0.364. The Morgan fingerprint density at radius 3 is 1.88 bits per heavy atom. The Hall–Kier alpha value is -8.96. The largest absolute Gasteiger partial charge is 0.508 e. The van der Waals surface area contributed by atoms with Crippen LogP contribution < -0.4 is 21.7 Å². The molecular weight excluding hydrogens is 1250 g/mol. The van der Waals surface area contributed by atoms with Gasteiger partial charge in [-0.2, -0.15) is 0 Å². The van der Waals surface area contributed by atoms with Crippen molar-refractivity contribution in [2.45, 2.75) is 117 Å². The third-order valence-electron chi connectivity index (χ3n) is 17.5. The summed E-state index contributed by atoms with van der Waals surface area (Å²) in [6.45, 7) is 17.8. The number of phenols is 1. The molecule has 7 N–H and O–H groups in total. The van der Waals surface area contributed by atoms with Gasteiger partial charge < -0.3 is 31.9 Å². The van der Waals surface area contributed by atoms with Crippen LogP contribution in [0.5, 0.6) is 5.75 Å². The maximum absolute atomic E-state index is 14.2. The molecule has 2 aliphatic rings. The van der Waals surface area contributed by atoms with E-state index in [1.807, 2.05) is 48.5 Å². The van der Waals surface area contributed by atoms with Crippen LogP contribution in [0, 0.1) is 36.0 Å². The van der Waals surface area contributed by atoms with E-state index in [0.29, 0.717) is 86.9 Å². The summed E-state index contributed by atoms with van der Waals surface area (Å²) < 4.78 is 67.8. The van der Waals surface area contributed by atoms with E-state index < -0.39 is 35.1 Å². The van der Waals surface area contributed by atoms with Crippen LogP contribution in [0.25, 0.3) is 33.9 Å². The average Bonchev–Trinajstić information content (AvgIpc) is 0.862. The number of rotatable bonds is 28. The molecule has 0 radical (unpaired) electrons. The number of hydrogen-bond donors (Lipinski definition) is 6. The number of anilines is 1. The van der Waals surface area contributed by atoms with Gasteiger partial charge in [-0.15, -0.1) is 0 Å². The lowest BCUT2D eigenvalue weighted by atomic mass is 10.0. The lowest BCUT2D eigenvalue weighted by Gasteiger charge is -2.36. The molecule has 0 amide bonds. The van der Waals surface area contributed by atoms with Gasteiger partial charge >= 0.3 is 5.97 Å². The minimum atomic E-state index is -0.764. The number of nitrogens with zero attached hydrogens (tertiary/aromatic N) is 9. The lowest BCUT2D eigenvalue weighted by molar-refractivity contribution is -0.137. The number of benzene rings is 6. The van der Waals surface area contributed by atoms with Crippen LogP contribution in [-0.4, -0.2) is 138 Å². The van der Waals surface area contributed by atoms with Crippen molar-refractivity contribution in [2.75, 3.05) is 70.8 Å². The van der Waals surface area contributed by atoms with Gasteiger partial charge in [0.05, 0.1) is 17.6 Å². The summed E-state index contributed by atoms with van der Waals surface area (Å²) in [6.07, 6.45) is 11.0. The predicted molar refractivity (Wildman–Crippen MR) is 375 cm³/mol. The second kappa shape index (κ2) is 37.7. The highest BCUT2D eigenvalue weighted by atomic mass is 19.1. The Balaban J connectivity index is 0.000000172. The molecule has 3 aromatic heterocycles. The van der Waals surface area contributed by atoms with Gasteiger partial charge in [0, 0.05) is 138 Å². The molecule has 516 valence electrons. The van der Waals surface area contributed by atoms with E-state index in [2.05, 4.69) is 114 Å². The zero-order valence-corrected chi connectivity index (χ0v) is 56.2. The third-order valence-corrected chi connectivity index (χ3v) is 17.5. The lowest BCUT2D eigenvalue weighted by Crippen LogP contribution is -2.50. The second-order valence-corrected chi connectivity index (χ2v) is 25.1. The SMILES string of the molecule is CCN(CCCN)Cc1cccc(-c2ncc(F)c(NCCc3ccc(O)cc3)n2)c1.Cc1ccc(CN2CCNC[C@@H]2C)cc1-c1ccnc(CCCc2cc(F)cc(F)c2)n1.O=C(O)CCC1CNCCN1Cc1cccc(-c2ccnc(CCCc3cc(F)cc(F)c3)n2)c1. The Morgan fingerprint density at radius 2 is 1.22 bits per heavy atom. The minimum Gasteiger partial charge on any atom is -0.508 e. The Bertz CT molecular complexity index is 3960. The number of aryl methyl sites for hydroxylation is 5. The van der Waals surface area contributed by atoms with E-state index >= 15 is 0 Å². The van der Waals surface area contributed by atoms with Crippen LogP contribution in [-0.2, 0) is 56.5 Å².